The first-order chi connectivity index (χ1) is 32.5. The molecule has 0 saturated carbocycles. The van der Waals surface area contributed by atoms with Crippen molar-refractivity contribution in [1.82, 2.24) is 9.99 Å². The number of aliphatic hydroxyl groups excluding tert-OH is 1. The summed E-state index contributed by atoms with van der Waals surface area (Å²) in [5, 5.41) is 17.8. The van der Waals surface area contributed by atoms with Gasteiger partial charge in [-0.2, -0.15) is 0 Å². The van der Waals surface area contributed by atoms with Gasteiger partial charge in [-0.05, 0) is 112 Å². The monoisotopic (exact) mass is 1040 g/mol. The van der Waals surface area contributed by atoms with Gasteiger partial charge in [-0.3, -0.25) is 10.4 Å². The molecule has 0 radical (unpaired) electrons. The number of benzene rings is 7. The molecule has 8 aromatic rings. The van der Waals surface area contributed by atoms with E-state index < -0.39 is 16.9 Å². The van der Waals surface area contributed by atoms with Gasteiger partial charge >= 0.3 is 11.4 Å². The van der Waals surface area contributed by atoms with Crippen LogP contribution in [-0.4, -0.2) is 14.8 Å². The van der Waals surface area contributed by atoms with Gasteiger partial charge in [-0.1, -0.05) is 227 Å². The topological polar surface area (TPSA) is 131 Å². The summed E-state index contributed by atoms with van der Waals surface area (Å²) in [7, 11) is 10.2. The zero-order valence-corrected chi connectivity index (χ0v) is 44.8. The van der Waals surface area contributed by atoms with Crippen LogP contribution in [0.3, 0.4) is 0 Å². The Bertz CT molecular complexity index is 2650. The zero-order valence-electron chi connectivity index (χ0n) is 37.5. The second-order valence-corrected chi connectivity index (χ2v) is 14.2. The maximum atomic E-state index is 11.9. The first kappa shape index (κ1) is 60.3. The van der Waals surface area contributed by atoms with Gasteiger partial charge < -0.3 is 14.6 Å². The third kappa shape index (κ3) is 19.4. The van der Waals surface area contributed by atoms with E-state index in [1.165, 1.54) is 21.3 Å². The summed E-state index contributed by atoms with van der Waals surface area (Å²) in [5.74, 6) is 5.79. The largest absolute Gasteiger partial charge is 0.508 e. The van der Waals surface area contributed by atoms with Gasteiger partial charge in [-0.25, -0.2) is 15.0 Å². The van der Waals surface area contributed by atoms with Crippen LogP contribution in [0.15, 0.2) is 196 Å². The Morgan fingerprint density at radius 3 is 1.28 bits per heavy atom. The minimum Gasteiger partial charge on any atom is -0.508 e. The summed E-state index contributed by atoms with van der Waals surface area (Å²) >= 11 is 15.6. The second kappa shape index (κ2) is 34.5. The molecule has 1 aromatic heterocycles. The molecule has 0 spiro atoms. The molecular formula is C51H55N3O5P4S4. The molecule has 0 amide bonds. The Morgan fingerprint density at radius 1 is 0.522 bits per heavy atom. The van der Waals surface area contributed by atoms with Gasteiger partial charge in [0.1, 0.15) is 11.3 Å². The lowest BCUT2D eigenvalue weighted by Gasteiger charge is -2.35. The van der Waals surface area contributed by atoms with Gasteiger partial charge in [0, 0.05) is 0 Å². The van der Waals surface area contributed by atoms with Crippen molar-refractivity contribution in [1.29, 1.82) is 0 Å². The van der Waals surface area contributed by atoms with Crippen LogP contribution in [0.25, 0.3) is 10.9 Å². The average molecular weight is 1040 g/mol. The first-order valence-electron chi connectivity index (χ1n) is 20.1. The molecule has 348 valence electrons. The van der Waals surface area contributed by atoms with Crippen LogP contribution in [0.1, 0.15) is 50.1 Å². The molecule has 0 aliphatic rings. The van der Waals surface area contributed by atoms with Gasteiger partial charge in [0.05, 0.1) is 24.1 Å². The number of phenolic OH excluding ortho intramolecular Hbond substituents is 1. The van der Waals surface area contributed by atoms with Crippen LogP contribution in [0, 0.1) is 27.7 Å². The lowest BCUT2D eigenvalue weighted by atomic mass is 9.77. The fourth-order valence-corrected chi connectivity index (χ4v) is 6.36. The van der Waals surface area contributed by atoms with Crippen molar-refractivity contribution < 1.29 is 14.6 Å². The van der Waals surface area contributed by atoms with Crippen LogP contribution in [0.5, 0.6) is 5.75 Å². The van der Waals surface area contributed by atoms with E-state index in [9.17, 15) is 9.59 Å². The van der Waals surface area contributed by atoms with Crippen LogP contribution in [0.4, 0.5) is 0 Å². The highest BCUT2D eigenvalue weighted by Crippen LogP contribution is 2.36. The number of nitrogens with one attached hydrogen (secondary N) is 1. The smallest absolute Gasteiger partial charge is 0.422 e. The fourth-order valence-electron chi connectivity index (χ4n) is 6.36. The highest BCUT2D eigenvalue weighted by atomic mass is 32.4. The third-order valence-electron chi connectivity index (χ3n) is 9.73. The lowest BCUT2D eigenvalue weighted by Crippen LogP contribution is -2.48. The van der Waals surface area contributed by atoms with Crippen molar-refractivity contribution in [2.75, 3.05) is 0 Å². The number of aliphatic hydroxyl groups is 1. The molecule has 0 aliphatic carbocycles. The Balaban J connectivity index is 0.000000453. The Kier molecular flexibility index (Phi) is 31.0. The number of hydrogen-bond acceptors (Lipinski definition) is 11. The van der Waals surface area contributed by atoms with Crippen LogP contribution < -0.4 is 22.7 Å². The number of nitrogens with two attached hydrogens (primary N) is 1. The SMILES string of the molecule is Cc1ccc(C(NN)(c2ccccc2)c2ccccc2)cc1.Cc1ccc(CO)cc1.Cc1ccc(Cn2c(=O)oc(=O)c3ccccc32)cc1.Cc1ccc(O)cc1.P=S.P=S.P=S.P=S. The highest BCUT2D eigenvalue weighted by Gasteiger charge is 2.35. The standard InChI is InChI=1S/C20H20N2.C16H13NO3.C8H10O.C7H8O.4HPS/c1-16-12-14-19(15-13-16)20(22-21,17-8-4-2-5-9-17)18-10-6-3-7-11-18;1-11-6-8-12(9-7-11)10-17-14-5-3-2-4-13(14)15(18)20-16(17)19;1-7-2-4-8(6-9)5-3-7;1-6-2-4-7(8)5-3-6;4*1-2/h2-15,22H,21H2,1H3;2-9H,10H2,1H3;2-5,9H,6H2,1H3;2-5,8H,1H3;4*1H. The average Bonchev–Trinajstić information content (AvgIpc) is 3.39. The summed E-state index contributed by atoms with van der Waals surface area (Å²) in [6.45, 7) is 8.63. The molecule has 0 unspecified atom stereocenters. The van der Waals surface area contributed by atoms with Gasteiger partial charge in [0.25, 0.3) is 0 Å². The van der Waals surface area contributed by atoms with Gasteiger partial charge in [0.15, 0.2) is 0 Å². The van der Waals surface area contributed by atoms with E-state index in [4.69, 9.17) is 20.5 Å². The number of hydrazine groups is 1. The molecule has 8 nitrogen and oxygen atoms in total. The molecule has 0 bridgehead atoms. The van der Waals surface area contributed by atoms with Crippen molar-refractivity contribution in [2.24, 2.45) is 5.84 Å². The number of aromatic hydroxyl groups is 1. The number of nitrogens with zero attached hydrogens (tertiary/aromatic N) is 1. The number of aryl methyl sites for hydroxylation is 4. The highest BCUT2D eigenvalue weighted by molar-refractivity contribution is 7.89. The molecule has 16 heteroatoms. The number of aromatic nitrogens is 1. The molecular weight excluding hydrogens is 987 g/mol. The summed E-state index contributed by atoms with van der Waals surface area (Å²) < 4.78 is 6.24. The number of hydrogen-bond donors (Lipinski definition) is 4. The Labute approximate surface area is 423 Å². The van der Waals surface area contributed by atoms with E-state index in [1.54, 1.807) is 36.4 Å². The van der Waals surface area contributed by atoms with Crippen molar-refractivity contribution >= 4 is 90.2 Å². The maximum absolute atomic E-state index is 11.9. The van der Waals surface area contributed by atoms with Crippen LogP contribution >= 0.6 is 32.1 Å². The predicted octanol–water partition coefficient (Wildman–Crippen LogP) is 11.6. The maximum Gasteiger partial charge on any atom is 0.422 e. The zero-order chi connectivity index (χ0) is 50.2. The molecule has 0 fully saturated rings. The molecule has 0 atom stereocenters. The molecule has 0 aliphatic heterocycles. The summed E-state index contributed by atoms with van der Waals surface area (Å²) in [5.41, 5.74) is 12.6. The number of para-hydroxylation sites is 1. The van der Waals surface area contributed by atoms with Crippen molar-refractivity contribution in [2.45, 2.75) is 46.4 Å². The Hall–Kier alpha value is -4.76. The third-order valence-corrected chi connectivity index (χ3v) is 9.73. The van der Waals surface area contributed by atoms with E-state index in [-0.39, 0.29) is 6.61 Å². The molecule has 8 rings (SSSR count). The summed E-state index contributed by atoms with van der Waals surface area (Å²) in [4.78, 5) is 23.6. The minimum atomic E-state index is -0.630. The van der Waals surface area contributed by atoms with E-state index in [2.05, 4.69) is 140 Å². The van der Waals surface area contributed by atoms with Crippen LogP contribution in [0.2, 0.25) is 0 Å². The summed E-state index contributed by atoms with van der Waals surface area (Å²) in [6.07, 6.45) is 0. The van der Waals surface area contributed by atoms with E-state index in [1.807, 2.05) is 118 Å². The van der Waals surface area contributed by atoms with Crippen molar-refractivity contribution in [3.8, 4) is 5.75 Å². The summed E-state index contributed by atoms with van der Waals surface area (Å²) in [6, 6.07) is 58.9. The molecule has 0 saturated heterocycles. The van der Waals surface area contributed by atoms with E-state index >= 15 is 0 Å². The number of fused-ring (bicyclic) bond motifs is 1. The van der Waals surface area contributed by atoms with Crippen LogP contribution in [-0.2, 0) is 65.9 Å². The predicted molar refractivity (Wildman–Crippen MR) is 301 cm³/mol. The Morgan fingerprint density at radius 2 is 0.881 bits per heavy atom. The molecule has 67 heavy (non-hydrogen) atoms. The van der Waals surface area contributed by atoms with Gasteiger partial charge in [0.2, 0.25) is 0 Å². The number of phenols is 1. The molecule has 7 aromatic carbocycles. The number of rotatable bonds is 7. The quantitative estimate of drug-likeness (QED) is 0.0527. The second-order valence-electron chi connectivity index (χ2n) is 14.2. The normalized spacial score (nSPS) is 9.58. The van der Waals surface area contributed by atoms with Crippen molar-refractivity contribution in [3.05, 3.63) is 253 Å². The molecule has 5 N–H and O–H groups in total. The molecule has 1 heterocycles. The van der Waals surface area contributed by atoms with Gasteiger partial charge in [-0.15, -0.1) is 0 Å². The van der Waals surface area contributed by atoms with Crippen molar-refractivity contribution in [3.63, 3.8) is 0 Å². The first-order valence-corrected chi connectivity index (χ1v) is 26.6. The van der Waals surface area contributed by atoms with E-state index in [0.717, 1.165) is 33.4 Å². The lowest BCUT2D eigenvalue weighted by molar-refractivity contribution is 0.282. The minimum absolute atomic E-state index is 0.139. The van der Waals surface area contributed by atoms with E-state index in [0.29, 0.717) is 23.2 Å². The fraction of sp³-hybridized carbons (Fsp3) is 0.137.